The molecule has 0 saturated heterocycles. The Bertz CT molecular complexity index is 1320. The normalized spacial score (nSPS) is 10.7. The van der Waals surface area contributed by atoms with E-state index in [0.29, 0.717) is 11.3 Å². The van der Waals surface area contributed by atoms with Crippen molar-refractivity contribution in [2.24, 2.45) is 5.10 Å². The van der Waals surface area contributed by atoms with Crippen LogP contribution in [0.2, 0.25) is 0 Å². The maximum absolute atomic E-state index is 12.4. The van der Waals surface area contributed by atoms with Crippen LogP contribution in [-0.2, 0) is 0 Å². The fraction of sp³-hybridized carbons (Fsp3) is 0.0455. The van der Waals surface area contributed by atoms with Crippen LogP contribution in [0.4, 0.5) is 5.95 Å². The van der Waals surface area contributed by atoms with Crippen LogP contribution in [-0.4, -0.2) is 33.1 Å². The quantitative estimate of drug-likeness (QED) is 0.372. The number of benzene rings is 2. The van der Waals surface area contributed by atoms with E-state index in [1.165, 1.54) is 0 Å². The Hall–Kier alpha value is -4.71. The standard InChI is InChI=1S/C22H17N7O2/c1-31-17-8-9-19(29-11-5-10-25-29)16(12-17)14-24-28-22-26-20(15-6-3-2-4-7-15)18(13-23)21(30)27-22/h2-12,14H,1H3,(H2,26,27,28,30). The zero-order chi connectivity index (χ0) is 21.6. The topological polar surface area (TPSA) is 121 Å². The summed E-state index contributed by atoms with van der Waals surface area (Å²) >= 11 is 0. The number of nitrogens with zero attached hydrogens (tertiary/aromatic N) is 5. The van der Waals surface area contributed by atoms with Gasteiger partial charge in [-0.3, -0.25) is 9.78 Å². The molecule has 0 unspecified atom stereocenters. The number of H-pyrrole nitrogens is 1. The van der Waals surface area contributed by atoms with Crippen molar-refractivity contribution in [1.82, 2.24) is 19.7 Å². The van der Waals surface area contributed by atoms with E-state index in [1.807, 2.05) is 54.7 Å². The van der Waals surface area contributed by atoms with E-state index in [2.05, 4.69) is 25.6 Å². The minimum absolute atomic E-state index is 0.0607. The van der Waals surface area contributed by atoms with E-state index < -0.39 is 5.56 Å². The lowest BCUT2D eigenvalue weighted by Gasteiger charge is -2.09. The van der Waals surface area contributed by atoms with Gasteiger partial charge in [-0.1, -0.05) is 30.3 Å². The molecule has 0 aliphatic heterocycles. The fourth-order valence-electron chi connectivity index (χ4n) is 2.98. The maximum Gasteiger partial charge on any atom is 0.270 e. The van der Waals surface area contributed by atoms with Crippen molar-refractivity contribution in [2.75, 3.05) is 12.5 Å². The van der Waals surface area contributed by atoms with Crippen LogP contribution in [0, 0.1) is 11.3 Å². The Kier molecular flexibility index (Phi) is 5.53. The van der Waals surface area contributed by atoms with Gasteiger partial charge >= 0.3 is 0 Å². The number of rotatable bonds is 6. The smallest absolute Gasteiger partial charge is 0.270 e. The number of hydrazone groups is 1. The Morgan fingerprint density at radius 3 is 2.77 bits per heavy atom. The molecule has 31 heavy (non-hydrogen) atoms. The van der Waals surface area contributed by atoms with Gasteiger partial charge in [0.05, 0.1) is 24.7 Å². The zero-order valence-electron chi connectivity index (χ0n) is 16.5. The van der Waals surface area contributed by atoms with E-state index >= 15 is 0 Å². The molecule has 0 aliphatic carbocycles. The molecule has 2 aromatic heterocycles. The number of aromatic amines is 1. The molecular formula is C22H17N7O2. The van der Waals surface area contributed by atoms with Crippen molar-refractivity contribution in [3.8, 4) is 28.8 Å². The SMILES string of the molecule is COc1ccc(-n2cccn2)c(C=NNc2nc(-c3ccccc3)c(C#N)c(=O)[nH]2)c1. The third-order valence-electron chi connectivity index (χ3n) is 4.44. The van der Waals surface area contributed by atoms with Gasteiger partial charge in [0.25, 0.3) is 5.56 Å². The Balaban J connectivity index is 1.67. The molecule has 9 heteroatoms. The molecule has 9 nitrogen and oxygen atoms in total. The highest BCUT2D eigenvalue weighted by atomic mass is 16.5. The van der Waals surface area contributed by atoms with Gasteiger partial charge in [0.1, 0.15) is 17.4 Å². The average Bonchev–Trinajstić information content (AvgIpc) is 3.34. The number of nitriles is 1. The van der Waals surface area contributed by atoms with Crippen molar-refractivity contribution >= 4 is 12.2 Å². The van der Waals surface area contributed by atoms with Gasteiger partial charge in [-0.05, 0) is 24.3 Å². The summed E-state index contributed by atoms with van der Waals surface area (Å²) in [4.78, 5) is 19.3. The van der Waals surface area contributed by atoms with Crippen molar-refractivity contribution in [1.29, 1.82) is 5.26 Å². The van der Waals surface area contributed by atoms with Crippen LogP contribution in [0.15, 0.2) is 76.9 Å². The van der Waals surface area contributed by atoms with E-state index in [1.54, 1.807) is 36.3 Å². The summed E-state index contributed by atoms with van der Waals surface area (Å²) < 4.78 is 7.00. The second-order valence-corrected chi connectivity index (χ2v) is 6.36. The summed E-state index contributed by atoms with van der Waals surface area (Å²) in [5.74, 6) is 0.774. The van der Waals surface area contributed by atoms with Crippen LogP contribution in [0.3, 0.4) is 0 Å². The van der Waals surface area contributed by atoms with Gasteiger partial charge in [0.2, 0.25) is 5.95 Å². The van der Waals surface area contributed by atoms with Crippen LogP contribution < -0.4 is 15.7 Å². The van der Waals surface area contributed by atoms with Crippen molar-refractivity contribution < 1.29 is 4.74 Å². The minimum atomic E-state index is -0.548. The first-order chi connectivity index (χ1) is 15.2. The van der Waals surface area contributed by atoms with E-state index in [-0.39, 0.29) is 17.2 Å². The maximum atomic E-state index is 12.4. The van der Waals surface area contributed by atoms with Crippen LogP contribution in [0.5, 0.6) is 5.75 Å². The van der Waals surface area contributed by atoms with E-state index in [9.17, 15) is 10.1 Å². The fourth-order valence-corrected chi connectivity index (χ4v) is 2.98. The van der Waals surface area contributed by atoms with Gasteiger partial charge in [-0.2, -0.15) is 15.5 Å². The molecule has 2 aromatic carbocycles. The number of hydrogen-bond donors (Lipinski definition) is 2. The highest BCUT2D eigenvalue weighted by Gasteiger charge is 2.13. The molecule has 0 aliphatic rings. The van der Waals surface area contributed by atoms with Gasteiger partial charge in [-0.15, -0.1) is 0 Å². The minimum Gasteiger partial charge on any atom is -0.497 e. The molecule has 2 heterocycles. The lowest BCUT2D eigenvalue weighted by Crippen LogP contribution is -2.16. The summed E-state index contributed by atoms with van der Waals surface area (Å²) in [7, 11) is 1.58. The first-order valence-electron chi connectivity index (χ1n) is 9.26. The number of ether oxygens (including phenoxy) is 1. The predicted octanol–water partition coefficient (Wildman–Crippen LogP) is 2.95. The van der Waals surface area contributed by atoms with Crippen LogP contribution in [0.1, 0.15) is 11.1 Å². The third-order valence-corrected chi connectivity index (χ3v) is 4.44. The van der Waals surface area contributed by atoms with Gasteiger partial charge in [0, 0.05) is 23.5 Å². The van der Waals surface area contributed by atoms with E-state index in [4.69, 9.17) is 4.74 Å². The second-order valence-electron chi connectivity index (χ2n) is 6.36. The first-order valence-corrected chi connectivity index (χ1v) is 9.26. The van der Waals surface area contributed by atoms with Crippen LogP contribution in [0.25, 0.3) is 16.9 Å². The Morgan fingerprint density at radius 1 is 1.23 bits per heavy atom. The lowest BCUT2D eigenvalue weighted by atomic mass is 10.1. The summed E-state index contributed by atoms with van der Waals surface area (Å²) in [6, 6.07) is 18.3. The van der Waals surface area contributed by atoms with Crippen molar-refractivity contribution in [2.45, 2.75) is 0 Å². The Labute approximate surface area is 177 Å². The molecule has 0 saturated carbocycles. The molecule has 152 valence electrons. The predicted molar refractivity (Wildman–Crippen MR) is 116 cm³/mol. The van der Waals surface area contributed by atoms with Crippen LogP contribution >= 0.6 is 0 Å². The molecular weight excluding hydrogens is 394 g/mol. The molecule has 0 spiro atoms. The molecule has 2 N–H and O–H groups in total. The molecule has 0 atom stereocenters. The number of nitrogens with one attached hydrogen (secondary N) is 2. The van der Waals surface area contributed by atoms with Crippen molar-refractivity contribution in [3.05, 3.63) is 88.5 Å². The summed E-state index contributed by atoms with van der Waals surface area (Å²) in [6.07, 6.45) is 5.07. The Morgan fingerprint density at radius 2 is 2.06 bits per heavy atom. The zero-order valence-corrected chi connectivity index (χ0v) is 16.5. The van der Waals surface area contributed by atoms with Crippen molar-refractivity contribution in [3.63, 3.8) is 0 Å². The molecule has 0 fully saturated rings. The summed E-state index contributed by atoms with van der Waals surface area (Å²) in [6.45, 7) is 0. The second kappa shape index (κ2) is 8.75. The lowest BCUT2D eigenvalue weighted by molar-refractivity contribution is 0.414. The third kappa shape index (κ3) is 4.18. The number of methoxy groups -OCH3 is 1. The monoisotopic (exact) mass is 411 g/mol. The first kappa shape index (κ1) is 19.6. The van der Waals surface area contributed by atoms with E-state index in [0.717, 1.165) is 11.3 Å². The average molecular weight is 411 g/mol. The molecule has 0 radical (unpaired) electrons. The largest absolute Gasteiger partial charge is 0.497 e. The number of hydrogen-bond acceptors (Lipinski definition) is 7. The number of anilines is 1. The highest BCUT2D eigenvalue weighted by molar-refractivity contribution is 5.86. The molecule has 4 aromatic rings. The highest BCUT2D eigenvalue weighted by Crippen LogP contribution is 2.21. The van der Waals surface area contributed by atoms with Gasteiger partial charge in [0.15, 0.2) is 0 Å². The summed E-state index contributed by atoms with van der Waals surface area (Å²) in [5.41, 5.74) is 4.58. The summed E-state index contributed by atoms with van der Waals surface area (Å²) in [5, 5.41) is 17.8. The van der Waals surface area contributed by atoms with Gasteiger partial charge < -0.3 is 4.74 Å². The molecule has 0 bridgehead atoms. The van der Waals surface area contributed by atoms with Gasteiger partial charge in [-0.25, -0.2) is 15.1 Å². The molecule has 4 rings (SSSR count). The number of aromatic nitrogens is 4. The molecule has 0 amide bonds.